The highest BCUT2D eigenvalue weighted by Crippen LogP contribution is 2.26. The topological polar surface area (TPSA) is 58.6 Å². The van der Waals surface area contributed by atoms with Gasteiger partial charge in [0, 0.05) is 19.2 Å². The van der Waals surface area contributed by atoms with E-state index < -0.39 is 17.8 Å². The van der Waals surface area contributed by atoms with Crippen molar-refractivity contribution in [1.29, 1.82) is 0 Å². The van der Waals surface area contributed by atoms with E-state index in [1.54, 1.807) is 31.2 Å². The lowest BCUT2D eigenvalue weighted by Gasteiger charge is -2.28. The fraction of sp³-hybridized carbons (Fsp3) is 0.333. The fourth-order valence-electron chi connectivity index (χ4n) is 2.71. The molecular formula is C21H24BrFN2O3. The van der Waals surface area contributed by atoms with E-state index in [1.165, 1.54) is 18.0 Å². The SMILES string of the molecule is CCc1ccc(OCC(=O)N(Cc2ccccc2F)[C@@H](C)C(=O)NC)c(Br)c1. The van der Waals surface area contributed by atoms with Crippen LogP contribution in [-0.4, -0.2) is 36.4 Å². The minimum Gasteiger partial charge on any atom is -0.483 e. The van der Waals surface area contributed by atoms with Gasteiger partial charge < -0.3 is 15.0 Å². The summed E-state index contributed by atoms with van der Waals surface area (Å²) in [7, 11) is 1.49. The molecule has 0 saturated carbocycles. The number of carbonyl (C=O) groups is 2. The van der Waals surface area contributed by atoms with Crippen molar-refractivity contribution in [1.82, 2.24) is 10.2 Å². The highest BCUT2D eigenvalue weighted by atomic mass is 79.9. The average molecular weight is 451 g/mol. The molecule has 7 heteroatoms. The standard InChI is InChI=1S/C21H24BrFN2O3/c1-4-15-9-10-19(17(22)11-15)28-13-20(26)25(14(2)21(27)24-3)12-16-7-5-6-8-18(16)23/h5-11,14H,4,12-13H2,1-3H3,(H,24,27)/t14-/m0/s1. The first-order valence-corrected chi connectivity index (χ1v) is 9.82. The van der Waals surface area contributed by atoms with Crippen LogP contribution >= 0.6 is 15.9 Å². The van der Waals surface area contributed by atoms with Crippen LogP contribution < -0.4 is 10.1 Å². The van der Waals surface area contributed by atoms with Crippen LogP contribution in [0.2, 0.25) is 0 Å². The Labute approximate surface area is 173 Å². The predicted octanol–water partition coefficient (Wildman–Crippen LogP) is 3.69. The van der Waals surface area contributed by atoms with Crippen LogP contribution in [0.1, 0.15) is 25.0 Å². The van der Waals surface area contributed by atoms with E-state index in [2.05, 4.69) is 21.2 Å². The molecule has 5 nitrogen and oxygen atoms in total. The Morgan fingerprint density at radius 2 is 1.96 bits per heavy atom. The third-order valence-electron chi connectivity index (χ3n) is 4.47. The number of halogens is 2. The molecule has 0 aliphatic carbocycles. The number of hydrogen-bond donors (Lipinski definition) is 1. The smallest absolute Gasteiger partial charge is 0.261 e. The number of aryl methyl sites for hydroxylation is 1. The molecule has 28 heavy (non-hydrogen) atoms. The summed E-state index contributed by atoms with van der Waals surface area (Å²) in [6, 6.07) is 11.1. The van der Waals surface area contributed by atoms with E-state index in [0.29, 0.717) is 11.3 Å². The average Bonchev–Trinajstić information content (AvgIpc) is 2.70. The number of amides is 2. The molecule has 2 aromatic rings. The highest BCUT2D eigenvalue weighted by Gasteiger charge is 2.26. The van der Waals surface area contributed by atoms with Crippen LogP contribution in [0.4, 0.5) is 4.39 Å². The Hall–Kier alpha value is -2.41. The number of benzene rings is 2. The minimum absolute atomic E-state index is 0.0284. The van der Waals surface area contributed by atoms with Crippen LogP contribution in [0.3, 0.4) is 0 Å². The van der Waals surface area contributed by atoms with E-state index in [1.807, 2.05) is 19.1 Å². The number of rotatable bonds is 8. The lowest BCUT2D eigenvalue weighted by Crippen LogP contribution is -2.48. The van der Waals surface area contributed by atoms with Gasteiger partial charge in [0.1, 0.15) is 17.6 Å². The summed E-state index contributed by atoms with van der Waals surface area (Å²) < 4.78 is 20.5. The number of ether oxygens (including phenoxy) is 1. The highest BCUT2D eigenvalue weighted by molar-refractivity contribution is 9.10. The van der Waals surface area contributed by atoms with E-state index in [0.717, 1.165) is 16.5 Å². The number of nitrogens with one attached hydrogen (secondary N) is 1. The van der Waals surface area contributed by atoms with Crippen LogP contribution in [0.15, 0.2) is 46.9 Å². The van der Waals surface area contributed by atoms with E-state index in [-0.39, 0.29) is 19.1 Å². The second-order valence-electron chi connectivity index (χ2n) is 6.31. The Bertz CT molecular complexity index is 844. The molecule has 2 aromatic carbocycles. The zero-order chi connectivity index (χ0) is 20.7. The predicted molar refractivity (Wildman–Crippen MR) is 109 cm³/mol. The van der Waals surface area contributed by atoms with Crippen molar-refractivity contribution in [2.24, 2.45) is 0 Å². The molecule has 2 amide bonds. The normalized spacial score (nSPS) is 11.6. The Balaban J connectivity index is 2.16. The summed E-state index contributed by atoms with van der Waals surface area (Å²) in [6.07, 6.45) is 0.887. The largest absolute Gasteiger partial charge is 0.483 e. The van der Waals surface area contributed by atoms with E-state index in [4.69, 9.17) is 4.74 Å². The van der Waals surface area contributed by atoms with Gasteiger partial charge in [-0.15, -0.1) is 0 Å². The Morgan fingerprint density at radius 3 is 2.57 bits per heavy atom. The molecule has 2 rings (SSSR count). The molecule has 0 radical (unpaired) electrons. The third kappa shape index (κ3) is 5.55. The maximum atomic E-state index is 14.1. The molecule has 1 atom stereocenters. The lowest BCUT2D eigenvalue weighted by molar-refractivity contribution is -0.142. The van der Waals surface area contributed by atoms with Crippen molar-refractivity contribution >= 4 is 27.7 Å². The zero-order valence-corrected chi connectivity index (χ0v) is 17.8. The van der Waals surface area contributed by atoms with Gasteiger partial charge in [-0.3, -0.25) is 9.59 Å². The van der Waals surface area contributed by atoms with Gasteiger partial charge in [-0.05, 0) is 53.0 Å². The number of nitrogens with zero attached hydrogens (tertiary/aromatic N) is 1. The van der Waals surface area contributed by atoms with Gasteiger partial charge in [0.05, 0.1) is 4.47 Å². The second-order valence-corrected chi connectivity index (χ2v) is 7.16. The van der Waals surface area contributed by atoms with Crippen molar-refractivity contribution in [3.05, 3.63) is 63.9 Å². The van der Waals surface area contributed by atoms with Crippen LogP contribution in [0.5, 0.6) is 5.75 Å². The number of hydrogen-bond acceptors (Lipinski definition) is 3. The first-order chi connectivity index (χ1) is 13.4. The summed E-state index contributed by atoms with van der Waals surface area (Å²) in [6.45, 7) is 3.36. The molecule has 1 N–H and O–H groups in total. The van der Waals surface area contributed by atoms with Crippen LogP contribution in [0.25, 0.3) is 0 Å². The van der Waals surface area contributed by atoms with Gasteiger partial charge in [0.25, 0.3) is 5.91 Å². The number of likely N-dealkylation sites (N-methyl/N-ethyl adjacent to an activating group) is 1. The quantitative estimate of drug-likeness (QED) is 0.666. The molecule has 0 saturated heterocycles. The maximum absolute atomic E-state index is 14.1. The molecule has 0 heterocycles. The molecule has 0 fully saturated rings. The van der Waals surface area contributed by atoms with Crippen molar-refractivity contribution in [2.45, 2.75) is 32.9 Å². The van der Waals surface area contributed by atoms with Crippen molar-refractivity contribution in [3.8, 4) is 5.75 Å². The van der Waals surface area contributed by atoms with Crippen molar-refractivity contribution < 1.29 is 18.7 Å². The third-order valence-corrected chi connectivity index (χ3v) is 5.09. The Morgan fingerprint density at radius 1 is 1.25 bits per heavy atom. The van der Waals surface area contributed by atoms with E-state index >= 15 is 0 Å². The van der Waals surface area contributed by atoms with Gasteiger partial charge >= 0.3 is 0 Å². The fourth-order valence-corrected chi connectivity index (χ4v) is 3.25. The molecule has 0 bridgehead atoms. The van der Waals surface area contributed by atoms with E-state index in [9.17, 15) is 14.0 Å². The number of carbonyl (C=O) groups excluding carboxylic acids is 2. The lowest BCUT2D eigenvalue weighted by atomic mass is 10.1. The van der Waals surface area contributed by atoms with Gasteiger partial charge in [-0.25, -0.2) is 4.39 Å². The zero-order valence-electron chi connectivity index (χ0n) is 16.2. The molecular weight excluding hydrogens is 427 g/mol. The molecule has 0 spiro atoms. The summed E-state index contributed by atoms with van der Waals surface area (Å²) >= 11 is 3.44. The monoisotopic (exact) mass is 450 g/mol. The molecule has 0 aliphatic heterocycles. The van der Waals surface area contributed by atoms with Gasteiger partial charge in [-0.1, -0.05) is 31.2 Å². The van der Waals surface area contributed by atoms with Crippen molar-refractivity contribution in [3.63, 3.8) is 0 Å². The van der Waals surface area contributed by atoms with Crippen LogP contribution in [0, 0.1) is 5.82 Å². The summed E-state index contributed by atoms with van der Waals surface area (Å²) in [5.74, 6) is -0.642. The summed E-state index contributed by atoms with van der Waals surface area (Å²) in [5, 5.41) is 2.52. The van der Waals surface area contributed by atoms with Crippen LogP contribution in [-0.2, 0) is 22.6 Å². The van der Waals surface area contributed by atoms with Crippen molar-refractivity contribution in [2.75, 3.05) is 13.7 Å². The summed E-state index contributed by atoms with van der Waals surface area (Å²) in [5.41, 5.74) is 1.47. The van der Waals surface area contributed by atoms with Gasteiger partial charge in [0.15, 0.2) is 6.61 Å². The molecule has 0 aliphatic rings. The first kappa shape index (κ1) is 21.9. The minimum atomic E-state index is -0.772. The first-order valence-electron chi connectivity index (χ1n) is 9.03. The van der Waals surface area contributed by atoms with Gasteiger partial charge in [0.2, 0.25) is 5.91 Å². The Kier molecular flexibility index (Phi) is 7.99. The van der Waals surface area contributed by atoms with Gasteiger partial charge in [-0.2, -0.15) is 0 Å². The molecule has 0 unspecified atom stereocenters. The molecule has 150 valence electrons. The second kappa shape index (κ2) is 10.2. The summed E-state index contributed by atoms with van der Waals surface area (Å²) in [4.78, 5) is 26.2. The molecule has 0 aromatic heterocycles. The maximum Gasteiger partial charge on any atom is 0.261 e.